The van der Waals surface area contributed by atoms with Crippen LogP contribution >= 0.6 is 0 Å². The topological polar surface area (TPSA) is 128 Å². The van der Waals surface area contributed by atoms with E-state index in [-0.39, 0.29) is 18.8 Å². The average molecular weight is 579 g/mol. The molecule has 1 aliphatic heterocycles. The van der Waals surface area contributed by atoms with Crippen molar-refractivity contribution in [1.82, 2.24) is 25.9 Å². The molecular formula is C28H37F3N6O4. The van der Waals surface area contributed by atoms with E-state index in [1.54, 1.807) is 11.2 Å². The predicted octanol–water partition coefficient (Wildman–Crippen LogP) is 4.89. The number of ether oxygens (including phenoxy) is 1. The number of halogens is 3. The number of H-pyrrole nitrogens is 1. The summed E-state index contributed by atoms with van der Waals surface area (Å²) in [6, 6.07) is 5.32. The van der Waals surface area contributed by atoms with Crippen LogP contribution < -0.4 is 16.1 Å². The van der Waals surface area contributed by atoms with E-state index >= 15 is 0 Å². The Bertz CT molecular complexity index is 1220. The summed E-state index contributed by atoms with van der Waals surface area (Å²) in [5.74, 6) is -1.45. The first-order valence-electron chi connectivity index (χ1n) is 13.4. The minimum Gasteiger partial charge on any atom is -0.444 e. The molecule has 0 saturated heterocycles. The normalized spacial score (nSPS) is 18.6. The fourth-order valence-electron chi connectivity index (χ4n) is 4.20. The van der Waals surface area contributed by atoms with Crippen molar-refractivity contribution < 1.29 is 32.3 Å². The number of ketones is 1. The smallest absolute Gasteiger partial charge is 0.416 e. The molecular weight excluding hydrogens is 541 g/mol. The molecule has 41 heavy (non-hydrogen) atoms. The summed E-state index contributed by atoms with van der Waals surface area (Å²) >= 11 is 0. The summed E-state index contributed by atoms with van der Waals surface area (Å²) in [5.41, 5.74) is 1.84. The van der Waals surface area contributed by atoms with Gasteiger partial charge in [-0.3, -0.25) is 14.7 Å². The molecule has 0 fully saturated rings. The van der Waals surface area contributed by atoms with Crippen LogP contribution in [0.15, 0.2) is 48.8 Å². The number of hydrazine groups is 1. The number of aromatic nitrogens is 2. The lowest BCUT2D eigenvalue weighted by Crippen LogP contribution is -2.51. The Balaban J connectivity index is 1.65. The van der Waals surface area contributed by atoms with Gasteiger partial charge in [0, 0.05) is 17.7 Å². The number of carbonyl (C=O) groups is 3. The van der Waals surface area contributed by atoms with E-state index < -0.39 is 52.6 Å². The van der Waals surface area contributed by atoms with Gasteiger partial charge in [0.15, 0.2) is 0 Å². The van der Waals surface area contributed by atoms with E-state index in [0.717, 1.165) is 18.6 Å². The Morgan fingerprint density at radius 3 is 2.37 bits per heavy atom. The third-order valence-corrected chi connectivity index (χ3v) is 6.78. The summed E-state index contributed by atoms with van der Waals surface area (Å²) in [7, 11) is 0. The van der Waals surface area contributed by atoms with E-state index in [1.165, 1.54) is 24.4 Å². The van der Waals surface area contributed by atoms with Gasteiger partial charge in [0.2, 0.25) is 5.78 Å². The van der Waals surface area contributed by atoms with Crippen molar-refractivity contribution in [2.45, 2.75) is 77.7 Å². The molecule has 10 nitrogen and oxygen atoms in total. The standard InChI is InChI=1S/C28H37F3N6O4/c1-6-7-8-20(23(38)24(39)34-22-13-15-32-35-22)33-25(40)41-21(26(2,3)4)17-37-16-14-27(5,36-37)18-9-11-19(12-10-18)28(29,30)31/h9-16,20-21,36H,6-8,17H2,1-5H3,(H,33,40)(H2,32,34,35,39)/t20-,21-,27?/m0/s1. The fourth-order valence-corrected chi connectivity index (χ4v) is 4.20. The zero-order valence-corrected chi connectivity index (χ0v) is 23.8. The Labute approximate surface area is 237 Å². The molecule has 2 aromatic rings. The van der Waals surface area contributed by atoms with Crippen LogP contribution in [0.25, 0.3) is 0 Å². The Kier molecular flexibility index (Phi) is 9.85. The summed E-state index contributed by atoms with van der Waals surface area (Å²) in [5, 5.41) is 12.9. The van der Waals surface area contributed by atoms with Crippen molar-refractivity contribution in [3.63, 3.8) is 0 Å². The lowest BCUT2D eigenvalue weighted by Gasteiger charge is -2.35. The maximum atomic E-state index is 13.0. The van der Waals surface area contributed by atoms with Crippen molar-refractivity contribution in [1.29, 1.82) is 0 Å². The molecule has 1 aromatic heterocycles. The van der Waals surface area contributed by atoms with Gasteiger partial charge in [-0.1, -0.05) is 52.7 Å². The number of alkyl carbamates (subject to hydrolysis) is 1. The first-order chi connectivity index (χ1) is 19.1. The van der Waals surface area contributed by atoms with Crippen LogP contribution in [-0.2, 0) is 26.0 Å². The zero-order valence-electron chi connectivity index (χ0n) is 23.8. The van der Waals surface area contributed by atoms with Gasteiger partial charge in [-0.25, -0.2) is 10.2 Å². The number of hydrogen-bond acceptors (Lipinski definition) is 7. The number of nitrogens with one attached hydrogen (secondary N) is 4. The number of alkyl halides is 3. The number of anilines is 1. The Morgan fingerprint density at radius 1 is 1.12 bits per heavy atom. The number of unbranched alkanes of at least 4 members (excludes halogenated alkanes) is 1. The predicted molar refractivity (Wildman–Crippen MR) is 146 cm³/mol. The number of Topliss-reactive ketones (excluding diaryl/α,β-unsaturated/α-hetero) is 1. The van der Waals surface area contributed by atoms with Gasteiger partial charge in [0.25, 0.3) is 5.91 Å². The molecule has 0 saturated carbocycles. The molecule has 1 aliphatic rings. The lowest BCUT2D eigenvalue weighted by molar-refractivity contribution is -0.137. The zero-order chi connectivity index (χ0) is 30.4. The van der Waals surface area contributed by atoms with Crippen molar-refractivity contribution in [2.24, 2.45) is 5.41 Å². The molecule has 13 heteroatoms. The number of hydrogen-bond donors (Lipinski definition) is 4. The summed E-state index contributed by atoms with van der Waals surface area (Å²) in [4.78, 5) is 38.3. The highest BCUT2D eigenvalue weighted by Crippen LogP contribution is 2.33. The van der Waals surface area contributed by atoms with Gasteiger partial charge >= 0.3 is 12.3 Å². The highest BCUT2D eigenvalue weighted by molar-refractivity contribution is 6.42. The maximum Gasteiger partial charge on any atom is 0.416 e. The van der Waals surface area contributed by atoms with Crippen molar-refractivity contribution in [2.75, 3.05) is 11.9 Å². The number of rotatable bonds is 11. The van der Waals surface area contributed by atoms with Crippen LogP contribution in [0, 0.1) is 5.41 Å². The molecule has 1 aromatic carbocycles. The van der Waals surface area contributed by atoms with E-state index in [0.29, 0.717) is 12.0 Å². The monoisotopic (exact) mass is 578 g/mol. The Morgan fingerprint density at radius 2 is 1.80 bits per heavy atom. The molecule has 4 N–H and O–H groups in total. The number of benzene rings is 1. The highest BCUT2D eigenvalue weighted by Gasteiger charge is 2.37. The first kappa shape index (κ1) is 31.7. The number of amides is 2. The van der Waals surface area contributed by atoms with Crippen LogP contribution in [-0.4, -0.2) is 51.7 Å². The number of nitrogens with zero attached hydrogens (tertiary/aromatic N) is 2. The molecule has 0 spiro atoms. The third kappa shape index (κ3) is 8.56. The Hall–Kier alpha value is -3.87. The molecule has 0 radical (unpaired) electrons. The molecule has 3 rings (SSSR count). The van der Waals surface area contributed by atoms with Crippen LogP contribution in [0.2, 0.25) is 0 Å². The molecule has 224 valence electrons. The SMILES string of the molecule is CCCC[C@H](NC(=O)O[C@@H](CN1C=CC(C)(c2ccc(C(F)(F)F)cc2)N1)C(C)(C)C)C(=O)C(=O)Nc1ccn[nH]1. The van der Waals surface area contributed by atoms with Crippen LogP contribution in [0.3, 0.4) is 0 Å². The van der Waals surface area contributed by atoms with E-state index in [2.05, 4.69) is 26.3 Å². The second-order valence-corrected chi connectivity index (χ2v) is 11.2. The molecule has 0 bridgehead atoms. The van der Waals surface area contributed by atoms with Gasteiger partial charge in [0.1, 0.15) is 18.0 Å². The minimum atomic E-state index is -4.42. The van der Waals surface area contributed by atoms with Gasteiger partial charge in [-0.05, 0) is 37.1 Å². The van der Waals surface area contributed by atoms with Gasteiger partial charge in [-0.15, -0.1) is 0 Å². The average Bonchev–Trinajstić information content (AvgIpc) is 3.54. The largest absolute Gasteiger partial charge is 0.444 e. The van der Waals surface area contributed by atoms with Crippen molar-refractivity contribution in [3.05, 3.63) is 59.9 Å². The van der Waals surface area contributed by atoms with Crippen molar-refractivity contribution >= 4 is 23.6 Å². The summed E-state index contributed by atoms with van der Waals surface area (Å²) in [6.45, 7) is 9.61. The van der Waals surface area contributed by atoms with Gasteiger partial charge < -0.3 is 20.4 Å². The molecule has 2 amide bonds. The quantitative estimate of drug-likeness (QED) is 0.280. The minimum absolute atomic E-state index is 0.206. The van der Waals surface area contributed by atoms with Crippen LogP contribution in [0.5, 0.6) is 0 Å². The van der Waals surface area contributed by atoms with Crippen LogP contribution in [0.4, 0.5) is 23.8 Å². The second kappa shape index (κ2) is 12.8. The van der Waals surface area contributed by atoms with E-state index in [1.807, 2.05) is 40.7 Å². The fraction of sp³-hybridized carbons (Fsp3) is 0.500. The van der Waals surface area contributed by atoms with Crippen molar-refractivity contribution in [3.8, 4) is 0 Å². The van der Waals surface area contributed by atoms with Gasteiger partial charge in [-0.2, -0.15) is 18.3 Å². The maximum absolute atomic E-state index is 13.0. The van der Waals surface area contributed by atoms with Crippen LogP contribution in [0.1, 0.15) is 65.0 Å². The first-order valence-corrected chi connectivity index (χ1v) is 13.4. The molecule has 1 unspecified atom stereocenters. The number of carbonyl (C=O) groups excluding carboxylic acids is 3. The highest BCUT2D eigenvalue weighted by atomic mass is 19.4. The lowest BCUT2D eigenvalue weighted by atomic mass is 9.89. The van der Waals surface area contributed by atoms with E-state index in [9.17, 15) is 27.6 Å². The molecule has 3 atom stereocenters. The molecule has 0 aliphatic carbocycles. The van der Waals surface area contributed by atoms with E-state index in [4.69, 9.17) is 4.74 Å². The molecule has 2 heterocycles. The second-order valence-electron chi connectivity index (χ2n) is 11.2. The third-order valence-electron chi connectivity index (χ3n) is 6.78. The number of aromatic amines is 1. The summed E-state index contributed by atoms with van der Waals surface area (Å²) in [6.07, 6.45) is 0.637. The summed E-state index contributed by atoms with van der Waals surface area (Å²) < 4.78 is 44.7. The van der Waals surface area contributed by atoms with Gasteiger partial charge in [0.05, 0.1) is 23.8 Å².